The minimum Gasteiger partial charge on any atom is -0.475 e. The van der Waals surface area contributed by atoms with E-state index in [9.17, 15) is 9.90 Å². The van der Waals surface area contributed by atoms with Crippen molar-refractivity contribution < 1.29 is 9.90 Å². The molecule has 0 amide bonds. The van der Waals surface area contributed by atoms with E-state index in [1.807, 2.05) is 19.0 Å². The number of hydrogen-bond donors (Lipinski definition) is 1. The summed E-state index contributed by atoms with van der Waals surface area (Å²) in [7, 11) is 3.88. The van der Waals surface area contributed by atoms with E-state index in [2.05, 4.69) is 25.9 Å². The molecular formula is C11H13BrN4O2. The van der Waals surface area contributed by atoms with Crippen LogP contribution in [0, 0.1) is 0 Å². The summed E-state index contributed by atoms with van der Waals surface area (Å²) in [4.78, 5) is 21.3. The standard InChI is InChI=1S/C11H13BrN4O2/c1-15(2)3-4-16-9-7(12)5-13-6-8(9)14-10(16)11(17)18/h5-6H,3-4H2,1-2H3,(H,17,18). The van der Waals surface area contributed by atoms with E-state index >= 15 is 0 Å². The SMILES string of the molecule is CN(C)CCn1c(C(=O)O)nc2cncc(Br)c21. The molecule has 0 fully saturated rings. The van der Waals surface area contributed by atoms with Crippen LogP contribution in [-0.2, 0) is 6.54 Å². The van der Waals surface area contributed by atoms with E-state index in [4.69, 9.17) is 0 Å². The summed E-state index contributed by atoms with van der Waals surface area (Å²) in [5.74, 6) is -0.989. The Hall–Kier alpha value is -1.47. The van der Waals surface area contributed by atoms with Gasteiger partial charge < -0.3 is 14.6 Å². The molecule has 0 saturated heterocycles. The predicted molar refractivity (Wildman–Crippen MR) is 70.7 cm³/mol. The molecule has 0 aliphatic carbocycles. The van der Waals surface area contributed by atoms with Crippen molar-refractivity contribution in [2.75, 3.05) is 20.6 Å². The van der Waals surface area contributed by atoms with Gasteiger partial charge in [-0.1, -0.05) is 0 Å². The number of aromatic nitrogens is 3. The largest absolute Gasteiger partial charge is 0.475 e. The van der Waals surface area contributed by atoms with Crippen molar-refractivity contribution in [1.29, 1.82) is 0 Å². The number of carbonyl (C=O) groups is 1. The quantitative estimate of drug-likeness (QED) is 0.925. The molecule has 0 unspecified atom stereocenters. The topological polar surface area (TPSA) is 71.2 Å². The number of carboxylic acids is 1. The van der Waals surface area contributed by atoms with Gasteiger partial charge in [0.15, 0.2) is 0 Å². The van der Waals surface area contributed by atoms with Crippen LogP contribution in [0.25, 0.3) is 11.0 Å². The molecule has 2 aromatic rings. The second-order valence-electron chi connectivity index (χ2n) is 4.18. The van der Waals surface area contributed by atoms with Gasteiger partial charge in [-0.2, -0.15) is 0 Å². The third-order valence-corrected chi connectivity index (χ3v) is 3.15. The Morgan fingerprint density at radius 2 is 2.22 bits per heavy atom. The Labute approximate surface area is 112 Å². The molecule has 0 aliphatic rings. The van der Waals surface area contributed by atoms with Crippen LogP contribution in [0.4, 0.5) is 0 Å². The number of halogens is 1. The van der Waals surface area contributed by atoms with Crippen LogP contribution in [-0.4, -0.2) is 51.2 Å². The molecule has 0 aliphatic heterocycles. The van der Waals surface area contributed by atoms with Gasteiger partial charge in [0.2, 0.25) is 5.82 Å². The molecule has 6 nitrogen and oxygen atoms in total. The Morgan fingerprint density at radius 3 is 2.83 bits per heavy atom. The van der Waals surface area contributed by atoms with Crippen LogP contribution in [0.15, 0.2) is 16.9 Å². The van der Waals surface area contributed by atoms with Gasteiger partial charge in [0.1, 0.15) is 5.52 Å². The summed E-state index contributed by atoms with van der Waals surface area (Å²) in [6.07, 6.45) is 3.21. The number of hydrogen-bond acceptors (Lipinski definition) is 4. The zero-order valence-corrected chi connectivity index (χ0v) is 11.7. The highest BCUT2D eigenvalue weighted by molar-refractivity contribution is 9.10. The summed E-state index contributed by atoms with van der Waals surface area (Å²) in [5.41, 5.74) is 1.35. The van der Waals surface area contributed by atoms with Crippen LogP contribution in [0.3, 0.4) is 0 Å². The molecule has 96 valence electrons. The van der Waals surface area contributed by atoms with Crippen molar-refractivity contribution in [2.45, 2.75) is 6.54 Å². The first-order valence-corrected chi connectivity index (χ1v) is 6.17. The zero-order chi connectivity index (χ0) is 13.3. The molecule has 0 aromatic carbocycles. The number of rotatable bonds is 4. The minimum absolute atomic E-state index is 0.0422. The highest BCUT2D eigenvalue weighted by atomic mass is 79.9. The second-order valence-corrected chi connectivity index (χ2v) is 5.04. The van der Waals surface area contributed by atoms with E-state index in [1.54, 1.807) is 17.0 Å². The molecule has 1 N–H and O–H groups in total. The predicted octanol–water partition coefficient (Wildman–Crippen LogP) is 1.45. The van der Waals surface area contributed by atoms with Crippen molar-refractivity contribution in [3.05, 3.63) is 22.7 Å². The fraction of sp³-hybridized carbons (Fsp3) is 0.364. The van der Waals surface area contributed by atoms with E-state index in [-0.39, 0.29) is 5.82 Å². The lowest BCUT2D eigenvalue weighted by molar-refractivity contribution is 0.0678. The van der Waals surface area contributed by atoms with Crippen LogP contribution in [0.1, 0.15) is 10.6 Å². The summed E-state index contributed by atoms with van der Waals surface area (Å²) in [5, 5.41) is 9.19. The Balaban J connectivity index is 2.57. The first kappa shape index (κ1) is 13.0. The normalized spacial score (nSPS) is 11.3. The van der Waals surface area contributed by atoms with Gasteiger partial charge in [0, 0.05) is 19.3 Å². The fourth-order valence-electron chi connectivity index (χ4n) is 1.73. The Morgan fingerprint density at radius 1 is 1.50 bits per heavy atom. The van der Waals surface area contributed by atoms with E-state index in [1.165, 1.54) is 0 Å². The molecular weight excluding hydrogens is 300 g/mol. The highest BCUT2D eigenvalue weighted by Gasteiger charge is 2.18. The first-order chi connectivity index (χ1) is 8.50. The number of pyridine rings is 1. The fourth-order valence-corrected chi connectivity index (χ4v) is 2.26. The molecule has 0 spiro atoms. The molecule has 0 radical (unpaired) electrons. The van der Waals surface area contributed by atoms with Crippen LogP contribution in [0.2, 0.25) is 0 Å². The van der Waals surface area contributed by atoms with Gasteiger partial charge in [0.05, 0.1) is 16.2 Å². The maximum absolute atomic E-state index is 11.2. The first-order valence-electron chi connectivity index (χ1n) is 5.38. The zero-order valence-electron chi connectivity index (χ0n) is 10.1. The second kappa shape index (κ2) is 5.03. The van der Waals surface area contributed by atoms with Crippen molar-refractivity contribution in [3.63, 3.8) is 0 Å². The third-order valence-electron chi connectivity index (χ3n) is 2.57. The van der Waals surface area contributed by atoms with E-state index in [0.29, 0.717) is 12.1 Å². The van der Waals surface area contributed by atoms with Gasteiger partial charge in [0.25, 0.3) is 0 Å². The molecule has 0 atom stereocenters. The molecule has 2 heterocycles. The van der Waals surface area contributed by atoms with Crippen LogP contribution < -0.4 is 0 Å². The number of nitrogens with zero attached hydrogens (tertiary/aromatic N) is 4. The maximum atomic E-state index is 11.2. The molecule has 2 aromatic heterocycles. The lowest BCUT2D eigenvalue weighted by Gasteiger charge is -2.12. The average Bonchev–Trinajstić information content (AvgIpc) is 2.66. The Bertz CT molecular complexity index is 594. The summed E-state index contributed by atoms with van der Waals surface area (Å²) < 4.78 is 2.45. The number of imidazole rings is 1. The van der Waals surface area contributed by atoms with E-state index < -0.39 is 5.97 Å². The molecule has 2 rings (SSSR count). The van der Waals surface area contributed by atoms with Gasteiger partial charge in [-0.15, -0.1) is 0 Å². The highest BCUT2D eigenvalue weighted by Crippen LogP contribution is 2.23. The van der Waals surface area contributed by atoms with Gasteiger partial charge in [-0.3, -0.25) is 4.98 Å². The van der Waals surface area contributed by atoms with Crippen LogP contribution >= 0.6 is 15.9 Å². The number of fused-ring (bicyclic) bond motifs is 1. The number of aromatic carboxylic acids is 1. The van der Waals surface area contributed by atoms with Crippen molar-refractivity contribution in [2.24, 2.45) is 0 Å². The summed E-state index contributed by atoms with van der Waals surface area (Å²) >= 11 is 3.39. The summed E-state index contributed by atoms with van der Waals surface area (Å²) in [6, 6.07) is 0. The van der Waals surface area contributed by atoms with Crippen molar-refractivity contribution >= 4 is 32.9 Å². The molecule has 7 heteroatoms. The lowest BCUT2D eigenvalue weighted by Crippen LogP contribution is -2.21. The Kier molecular flexibility index (Phi) is 3.63. The lowest BCUT2D eigenvalue weighted by atomic mass is 10.4. The smallest absolute Gasteiger partial charge is 0.372 e. The number of carboxylic acid groups (broad SMARTS) is 1. The molecule has 0 saturated carbocycles. The number of likely N-dealkylation sites (N-methyl/N-ethyl adjacent to an activating group) is 1. The molecule has 18 heavy (non-hydrogen) atoms. The monoisotopic (exact) mass is 312 g/mol. The van der Waals surface area contributed by atoms with Gasteiger partial charge in [-0.25, -0.2) is 9.78 Å². The third kappa shape index (κ3) is 2.37. The van der Waals surface area contributed by atoms with E-state index in [0.717, 1.165) is 16.5 Å². The van der Waals surface area contributed by atoms with Crippen molar-refractivity contribution in [1.82, 2.24) is 19.4 Å². The van der Waals surface area contributed by atoms with Gasteiger partial charge >= 0.3 is 5.97 Å². The average molecular weight is 313 g/mol. The van der Waals surface area contributed by atoms with Crippen LogP contribution in [0.5, 0.6) is 0 Å². The van der Waals surface area contributed by atoms with Gasteiger partial charge in [-0.05, 0) is 30.0 Å². The maximum Gasteiger partial charge on any atom is 0.372 e. The summed E-state index contributed by atoms with van der Waals surface area (Å²) in [6.45, 7) is 1.30. The van der Waals surface area contributed by atoms with Crippen molar-refractivity contribution in [3.8, 4) is 0 Å². The minimum atomic E-state index is -1.03. The molecule has 0 bridgehead atoms.